The average molecular weight is 385 g/mol. The summed E-state index contributed by atoms with van der Waals surface area (Å²) >= 11 is 5.99. The first-order chi connectivity index (χ1) is 11.8. The molecule has 5 nitrogen and oxygen atoms in total. The number of carbonyl (C=O) groups is 1. The van der Waals surface area contributed by atoms with Crippen molar-refractivity contribution >= 4 is 33.2 Å². The highest BCUT2D eigenvalue weighted by Crippen LogP contribution is 2.24. The molecule has 8 heteroatoms. The topological polar surface area (TPSA) is 66.5 Å². The molecule has 0 saturated heterocycles. The molecule has 0 bridgehead atoms. The number of sulfonamides is 1. The summed E-state index contributed by atoms with van der Waals surface area (Å²) in [6.45, 7) is 3.72. The number of amides is 1. The minimum absolute atomic E-state index is 0.0204. The minimum atomic E-state index is -4.02. The van der Waals surface area contributed by atoms with Gasteiger partial charge in [-0.05, 0) is 30.3 Å². The summed E-state index contributed by atoms with van der Waals surface area (Å²) in [6, 6.07) is 9.86. The number of anilines is 1. The third-order valence-corrected chi connectivity index (χ3v) is 6.03. The largest absolute Gasteiger partial charge is 0.321 e. The van der Waals surface area contributed by atoms with Gasteiger partial charge in [0.05, 0.1) is 10.7 Å². The maximum Gasteiger partial charge on any atom is 0.255 e. The second kappa shape index (κ2) is 7.95. The van der Waals surface area contributed by atoms with E-state index in [0.29, 0.717) is 10.7 Å². The Morgan fingerprint density at radius 2 is 1.80 bits per heavy atom. The highest BCUT2D eigenvalue weighted by atomic mass is 35.5. The van der Waals surface area contributed by atoms with Crippen LogP contribution < -0.4 is 5.32 Å². The van der Waals surface area contributed by atoms with Gasteiger partial charge in [0.1, 0.15) is 10.7 Å². The number of halogens is 2. The molecule has 134 valence electrons. The lowest BCUT2D eigenvalue weighted by atomic mass is 10.2. The molecule has 1 amide bonds. The van der Waals surface area contributed by atoms with Gasteiger partial charge in [-0.1, -0.05) is 37.6 Å². The third-order valence-electron chi connectivity index (χ3n) is 3.64. The molecule has 0 fully saturated rings. The minimum Gasteiger partial charge on any atom is -0.321 e. The molecule has 0 spiro atoms. The Bertz CT molecular complexity index is 883. The quantitative estimate of drug-likeness (QED) is 0.824. The molecule has 0 aliphatic carbocycles. The molecule has 2 rings (SSSR count). The standard InChI is InChI=1S/C17H18ClFN2O3S/c1-3-21(4-2)25(23,24)16-11-12(9-10-14(16)19)17(22)20-15-8-6-5-7-13(15)18/h5-11H,3-4H2,1-2H3,(H,20,22). The van der Waals surface area contributed by atoms with E-state index in [0.717, 1.165) is 16.4 Å². The normalized spacial score (nSPS) is 11.6. The average Bonchev–Trinajstić information content (AvgIpc) is 2.58. The molecule has 0 aliphatic heterocycles. The highest BCUT2D eigenvalue weighted by Gasteiger charge is 2.26. The Balaban J connectivity index is 2.39. The zero-order valence-corrected chi connectivity index (χ0v) is 15.4. The predicted octanol–water partition coefficient (Wildman–Crippen LogP) is 3.76. The maximum atomic E-state index is 14.1. The van der Waals surface area contributed by atoms with Crippen molar-refractivity contribution in [3.05, 3.63) is 58.9 Å². The summed E-state index contributed by atoms with van der Waals surface area (Å²) in [5.41, 5.74) is 0.402. The van der Waals surface area contributed by atoms with Gasteiger partial charge in [0, 0.05) is 18.7 Å². The van der Waals surface area contributed by atoms with E-state index in [-0.39, 0.29) is 18.7 Å². The number of hydrogen-bond acceptors (Lipinski definition) is 3. The van der Waals surface area contributed by atoms with E-state index in [1.165, 1.54) is 6.07 Å². The number of carbonyl (C=O) groups excluding carboxylic acids is 1. The Kier molecular flexibility index (Phi) is 6.16. The Morgan fingerprint density at radius 3 is 2.40 bits per heavy atom. The fourth-order valence-electron chi connectivity index (χ4n) is 2.30. The first kappa shape index (κ1) is 19.4. The molecule has 25 heavy (non-hydrogen) atoms. The molecule has 0 saturated carbocycles. The van der Waals surface area contributed by atoms with Crippen LogP contribution in [-0.2, 0) is 10.0 Å². The zero-order valence-electron chi connectivity index (χ0n) is 13.8. The lowest BCUT2D eigenvalue weighted by molar-refractivity contribution is 0.102. The van der Waals surface area contributed by atoms with Crippen LogP contribution in [0.4, 0.5) is 10.1 Å². The van der Waals surface area contributed by atoms with Gasteiger partial charge < -0.3 is 5.32 Å². The van der Waals surface area contributed by atoms with Gasteiger partial charge in [-0.2, -0.15) is 4.31 Å². The second-order valence-corrected chi connectivity index (χ2v) is 7.48. The van der Waals surface area contributed by atoms with Crippen LogP contribution in [0.25, 0.3) is 0 Å². The molecular weight excluding hydrogens is 367 g/mol. The SMILES string of the molecule is CCN(CC)S(=O)(=O)c1cc(C(=O)Nc2ccccc2Cl)ccc1F. The number of nitrogens with zero attached hydrogens (tertiary/aromatic N) is 1. The molecule has 2 aromatic carbocycles. The first-order valence-electron chi connectivity index (χ1n) is 7.66. The number of rotatable bonds is 6. The molecule has 2 aromatic rings. The molecule has 0 atom stereocenters. The fraction of sp³-hybridized carbons (Fsp3) is 0.235. The molecule has 1 N–H and O–H groups in total. The number of nitrogens with one attached hydrogen (secondary N) is 1. The molecule has 0 radical (unpaired) electrons. The van der Waals surface area contributed by atoms with Crippen LogP contribution in [0.1, 0.15) is 24.2 Å². The van der Waals surface area contributed by atoms with Crippen LogP contribution in [0, 0.1) is 5.82 Å². The van der Waals surface area contributed by atoms with Crippen LogP contribution >= 0.6 is 11.6 Å². The molecule has 0 heterocycles. The van der Waals surface area contributed by atoms with Crippen molar-refractivity contribution in [3.8, 4) is 0 Å². The second-order valence-electron chi connectivity index (χ2n) is 5.17. The van der Waals surface area contributed by atoms with Gasteiger partial charge >= 0.3 is 0 Å². The van der Waals surface area contributed by atoms with Crippen LogP contribution in [0.5, 0.6) is 0 Å². The molecule has 0 unspecified atom stereocenters. The third kappa shape index (κ3) is 4.18. The Hall–Kier alpha value is -1.96. The van der Waals surface area contributed by atoms with Gasteiger partial charge in [0.15, 0.2) is 0 Å². The monoisotopic (exact) mass is 384 g/mol. The summed E-state index contributed by atoms with van der Waals surface area (Å²) in [7, 11) is -4.02. The van der Waals surface area contributed by atoms with Crippen LogP contribution in [0.2, 0.25) is 5.02 Å². The lowest BCUT2D eigenvalue weighted by Crippen LogP contribution is -2.31. The first-order valence-corrected chi connectivity index (χ1v) is 9.48. The van der Waals surface area contributed by atoms with Gasteiger partial charge in [0.2, 0.25) is 10.0 Å². The number of benzene rings is 2. The van der Waals surface area contributed by atoms with Gasteiger partial charge in [-0.3, -0.25) is 4.79 Å². The Labute approximate surface area is 151 Å². The van der Waals surface area contributed by atoms with Crippen molar-refractivity contribution in [1.82, 2.24) is 4.31 Å². The summed E-state index contributed by atoms with van der Waals surface area (Å²) in [5.74, 6) is -1.48. The predicted molar refractivity (Wildman–Crippen MR) is 95.9 cm³/mol. The smallest absolute Gasteiger partial charge is 0.255 e. The molecule has 0 aliphatic rings. The van der Waals surface area contributed by atoms with E-state index in [4.69, 9.17) is 11.6 Å². The number of para-hydroxylation sites is 1. The maximum absolute atomic E-state index is 14.1. The van der Waals surface area contributed by atoms with Crippen LogP contribution in [-0.4, -0.2) is 31.7 Å². The fourth-order valence-corrected chi connectivity index (χ4v) is 4.03. The van der Waals surface area contributed by atoms with Crippen molar-refractivity contribution in [2.24, 2.45) is 0 Å². The van der Waals surface area contributed by atoms with Crippen molar-refractivity contribution < 1.29 is 17.6 Å². The molecular formula is C17H18ClFN2O3S. The zero-order chi connectivity index (χ0) is 18.6. The summed E-state index contributed by atoms with van der Waals surface area (Å²) in [6.07, 6.45) is 0. The van der Waals surface area contributed by atoms with Crippen LogP contribution in [0.15, 0.2) is 47.4 Å². The van der Waals surface area contributed by atoms with E-state index < -0.39 is 26.6 Å². The summed E-state index contributed by atoms with van der Waals surface area (Å²) in [5, 5.41) is 2.92. The van der Waals surface area contributed by atoms with Crippen molar-refractivity contribution in [2.45, 2.75) is 18.7 Å². The lowest BCUT2D eigenvalue weighted by Gasteiger charge is -2.19. The summed E-state index contributed by atoms with van der Waals surface area (Å²) < 4.78 is 40.3. The van der Waals surface area contributed by atoms with Gasteiger partial charge in [-0.15, -0.1) is 0 Å². The number of hydrogen-bond donors (Lipinski definition) is 1. The molecule has 0 aromatic heterocycles. The van der Waals surface area contributed by atoms with Crippen molar-refractivity contribution in [1.29, 1.82) is 0 Å². The van der Waals surface area contributed by atoms with E-state index in [1.807, 2.05) is 0 Å². The van der Waals surface area contributed by atoms with Crippen molar-refractivity contribution in [3.63, 3.8) is 0 Å². The van der Waals surface area contributed by atoms with Crippen molar-refractivity contribution in [2.75, 3.05) is 18.4 Å². The van der Waals surface area contributed by atoms with Gasteiger partial charge in [0.25, 0.3) is 5.91 Å². The Morgan fingerprint density at radius 1 is 1.16 bits per heavy atom. The van der Waals surface area contributed by atoms with Gasteiger partial charge in [-0.25, -0.2) is 12.8 Å². The van der Waals surface area contributed by atoms with Crippen LogP contribution in [0.3, 0.4) is 0 Å². The van der Waals surface area contributed by atoms with E-state index in [1.54, 1.807) is 38.1 Å². The summed E-state index contributed by atoms with van der Waals surface area (Å²) in [4.78, 5) is 11.8. The van der Waals surface area contributed by atoms with E-state index in [2.05, 4.69) is 5.32 Å². The van der Waals surface area contributed by atoms with E-state index >= 15 is 0 Å². The van der Waals surface area contributed by atoms with E-state index in [9.17, 15) is 17.6 Å². The highest BCUT2D eigenvalue weighted by molar-refractivity contribution is 7.89.